The Kier molecular flexibility index (Phi) is 6.59. The molecule has 1 saturated carbocycles. The van der Waals surface area contributed by atoms with Crippen molar-refractivity contribution < 1.29 is 19.1 Å². The molecule has 2 atom stereocenters. The zero-order valence-electron chi connectivity index (χ0n) is 13.8. The molecular formula is C18H25NO4. The number of ether oxygens (including phenoxy) is 2. The predicted molar refractivity (Wildman–Crippen MR) is 86.7 cm³/mol. The number of carbonyl (C=O) groups excluding carboxylic acids is 2. The number of hydrogen-bond donors (Lipinski definition) is 1. The second-order valence-corrected chi connectivity index (χ2v) is 5.93. The first-order chi connectivity index (χ1) is 11.2. The van der Waals surface area contributed by atoms with Gasteiger partial charge in [-0.25, -0.2) is 4.79 Å². The number of hydrogen-bond acceptors (Lipinski definition) is 4. The Balaban J connectivity index is 2.10. The van der Waals surface area contributed by atoms with Crippen LogP contribution in [0.15, 0.2) is 30.3 Å². The van der Waals surface area contributed by atoms with Crippen LogP contribution in [0.25, 0.3) is 0 Å². The molecule has 1 aromatic carbocycles. The SMILES string of the molecule is COC(=O)[C@@H](NC(=O)[C@@H](OC)c1ccccc1)C1CCCCC1. The van der Waals surface area contributed by atoms with Crippen molar-refractivity contribution in [2.45, 2.75) is 44.2 Å². The van der Waals surface area contributed by atoms with Crippen molar-refractivity contribution in [2.24, 2.45) is 5.92 Å². The van der Waals surface area contributed by atoms with Crippen LogP contribution < -0.4 is 5.32 Å². The predicted octanol–water partition coefficient (Wildman–Crippen LogP) is 2.61. The highest BCUT2D eigenvalue weighted by Crippen LogP contribution is 2.27. The molecule has 1 N–H and O–H groups in total. The fourth-order valence-corrected chi connectivity index (χ4v) is 3.21. The molecule has 5 nitrogen and oxygen atoms in total. The monoisotopic (exact) mass is 319 g/mol. The van der Waals surface area contributed by atoms with Crippen LogP contribution in [0.5, 0.6) is 0 Å². The Morgan fingerprint density at radius 2 is 1.74 bits per heavy atom. The van der Waals surface area contributed by atoms with Crippen LogP contribution in [0, 0.1) is 5.92 Å². The van der Waals surface area contributed by atoms with Crippen molar-refractivity contribution in [1.29, 1.82) is 0 Å². The molecular weight excluding hydrogens is 294 g/mol. The van der Waals surface area contributed by atoms with Crippen LogP contribution in [-0.2, 0) is 19.1 Å². The first-order valence-corrected chi connectivity index (χ1v) is 8.13. The van der Waals surface area contributed by atoms with Gasteiger partial charge in [-0.05, 0) is 24.3 Å². The number of benzene rings is 1. The molecule has 1 amide bonds. The molecule has 0 aliphatic heterocycles. The summed E-state index contributed by atoms with van der Waals surface area (Å²) in [5.74, 6) is -0.554. The summed E-state index contributed by atoms with van der Waals surface area (Å²) in [6, 6.07) is 8.66. The lowest BCUT2D eigenvalue weighted by Crippen LogP contribution is -2.48. The Morgan fingerprint density at radius 1 is 1.09 bits per heavy atom. The average molecular weight is 319 g/mol. The molecule has 0 heterocycles. The zero-order valence-corrected chi connectivity index (χ0v) is 13.8. The van der Waals surface area contributed by atoms with Crippen molar-refractivity contribution in [3.05, 3.63) is 35.9 Å². The second-order valence-electron chi connectivity index (χ2n) is 5.93. The topological polar surface area (TPSA) is 64.6 Å². The Morgan fingerprint density at radius 3 is 2.30 bits per heavy atom. The lowest BCUT2D eigenvalue weighted by Gasteiger charge is -2.30. The van der Waals surface area contributed by atoms with E-state index in [0.717, 1.165) is 31.2 Å². The molecule has 126 valence electrons. The lowest BCUT2D eigenvalue weighted by molar-refractivity contribution is -0.148. The summed E-state index contributed by atoms with van der Waals surface area (Å²) in [6.45, 7) is 0. The van der Waals surface area contributed by atoms with Gasteiger partial charge in [0.25, 0.3) is 5.91 Å². The van der Waals surface area contributed by atoms with Gasteiger partial charge in [-0.2, -0.15) is 0 Å². The number of nitrogens with one attached hydrogen (secondary N) is 1. The fraction of sp³-hybridized carbons (Fsp3) is 0.556. The van der Waals surface area contributed by atoms with Crippen LogP contribution in [0.1, 0.15) is 43.8 Å². The van der Waals surface area contributed by atoms with Crippen LogP contribution in [0.2, 0.25) is 0 Å². The molecule has 0 radical (unpaired) electrons. The molecule has 0 bridgehead atoms. The van der Waals surface area contributed by atoms with Gasteiger partial charge in [-0.15, -0.1) is 0 Å². The first-order valence-electron chi connectivity index (χ1n) is 8.13. The van der Waals surface area contributed by atoms with Gasteiger partial charge >= 0.3 is 5.97 Å². The summed E-state index contributed by atoms with van der Waals surface area (Å²) in [7, 11) is 2.85. The molecule has 0 saturated heterocycles. The number of esters is 1. The normalized spacial score (nSPS) is 18.0. The first kappa shape index (κ1) is 17.5. The van der Waals surface area contributed by atoms with Crippen LogP contribution in [0.3, 0.4) is 0 Å². The van der Waals surface area contributed by atoms with Crippen LogP contribution in [0.4, 0.5) is 0 Å². The van der Waals surface area contributed by atoms with Crippen molar-refractivity contribution in [3.8, 4) is 0 Å². The molecule has 23 heavy (non-hydrogen) atoms. The van der Waals surface area contributed by atoms with Crippen molar-refractivity contribution >= 4 is 11.9 Å². The summed E-state index contributed by atoms with van der Waals surface area (Å²) < 4.78 is 10.2. The lowest BCUT2D eigenvalue weighted by atomic mass is 9.83. The third-order valence-corrected chi connectivity index (χ3v) is 4.45. The molecule has 2 rings (SSSR count). The maximum Gasteiger partial charge on any atom is 0.328 e. The minimum atomic E-state index is -0.730. The van der Waals surface area contributed by atoms with Crippen molar-refractivity contribution in [3.63, 3.8) is 0 Å². The summed E-state index contributed by atoms with van der Waals surface area (Å²) in [4.78, 5) is 24.7. The van der Waals surface area contributed by atoms with Crippen LogP contribution >= 0.6 is 0 Å². The maximum atomic E-state index is 12.6. The number of carbonyl (C=O) groups is 2. The fourth-order valence-electron chi connectivity index (χ4n) is 3.21. The van der Waals surface area contributed by atoms with Gasteiger partial charge in [-0.1, -0.05) is 49.6 Å². The summed E-state index contributed by atoms with van der Waals surface area (Å²) in [5, 5.41) is 2.85. The summed E-state index contributed by atoms with van der Waals surface area (Å²) >= 11 is 0. The molecule has 0 aromatic heterocycles. The number of rotatable bonds is 6. The highest BCUT2D eigenvalue weighted by atomic mass is 16.5. The largest absolute Gasteiger partial charge is 0.467 e. The van der Waals surface area contributed by atoms with E-state index in [1.807, 2.05) is 30.3 Å². The minimum absolute atomic E-state index is 0.133. The van der Waals surface area contributed by atoms with E-state index in [1.54, 1.807) is 0 Å². The Labute approximate surface area is 137 Å². The quantitative estimate of drug-likeness (QED) is 0.819. The van der Waals surface area contributed by atoms with E-state index in [2.05, 4.69) is 5.32 Å². The molecule has 5 heteroatoms. The van der Waals surface area contributed by atoms with Gasteiger partial charge in [0, 0.05) is 7.11 Å². The number of methoxy groups -OCH3 is 2. The van der Waals surface area contributed by atoms with Crippen LogP contribution in [-0.4, -0.2) is 32.1 Å². The standard InChI is InChI=1S/C18H25NO4/c1-22-16(14-11-7-4-8-12-14)17(20)19-15(18(21)23-2)13-9-5-3-6-10-13/h4,7-8,11-13,15-16H,3,5-6,9-10H2,1-2H3,(H,19,20)/t15-,16-/m0/s1. The van der Waals surface area contributed by atoms with E-state index in [-0.39, 0.29) is 17.8 Å². The van der Waals surface area contributed by atoms with Crippen molar-refractivity contribution in [1.82, 2.24) is 5.32 Å². The van der Waals surface area contributed by atoms with Gasteiger partial charge in [0.05, 0.1) is 7.11 Å². The number of amides is 1. The van der Waals surface area contributed by atoms with E-state index < -0.39 is 12.1 Å². The van der Waals surface area contributed by atoms with Gasteiger partial charge < -0.3 is 14.8 Å². The molecule has 1 aliphatic rings. The average Bonchev–Trinajstić information content (AvgIpc) is 2.61. The van der Waals surface area contributed by atoms with Gasteiger partial charge in [-0.3, -0.25) is 4.79 Å². The summed E-state index contributed by atoms with van der Waals surface area (Å²) in [5.41, 5.74) is 0.764. The van der Waals surface area contributed by atoms with E-state index >= 15 is 0 Å². The molecule has 1 fully saturated rings. The van der Waals surface area contributed by atoms with Gasteiger partial charge in [0.15, 0.2) is 6.10 Å². The minimum Gasteiger partial charge on any atom is -0.467 e. The second kappa shape index (κ2) is 8.67. The molecule has 1 aromatic rings. The highest BCUT2D eigenvalue weighted by Gasteiger charge is 2.33. The van der Waals surface area contributed by atoms with Gasteiger partial charge in [0.1, 0.15) is 6.04 Å². The zero-order chi connectivity index (χ0) is 16.7. The smallest absolute Gasteiger partial charge is 0.328 e. The molecule has 0 spiro atoms. The van der Waals surface area contributed by atoms with E-state index in [1.165, 1.54) is 20.6 Å². The summed E-state index contributed by atoms with van der Waals surface area (Å²) in [6.07, 6.45) is 4.49. The maximum absolute atomic E-state index is 12.6. The third kappa shape index (κ3) is 4.55. The Bertz CT molecular complexity index is 511. The van der Waals surface area contributed by atoms with Crippen molar-refractivity contribution in [2.75, 3.05) is 14.2 Å². The van der Waals surface area contributed by atoms with E-state index in [4.69, 9.17) is 9.47 Å². The molecule has 0 unspecified atom stereocenters. The Hall–Kier alpha value is -1.88. The molecule has 1 aliphatic carbocycles. The van der Waals surface area contributed by atoms with E-state index in [9.17, 15) is 9.59 Å². The third-order valence-electron chi connectivity index (χ3n) is 4.45. The van der Waals surface area contributed by atoms with Gasteiger partial charge in [0.2, 0.25) is 0 Å². The van der Waals surface area contributed by atoms with E-state index in [0.29, 0.717) is 0 Å². The highest BCUT2D eigenvalue weighted by molar-refractivity contribution is 5.87.